The molecule has 0 amide bonds. The molecule has 2 heteroatoms. The first kappa shape index (κ1) is 8.52. The molecule has 0 aromatic rings. The maximum absolute atomic E-state index is 5.79. The van der Waals surface area contributed by atoms with Gasteiger partial charge in [0, 0.05) is 18.6 Å². The minimum atomic E-state index is 0.708. The molecule has 0 aromatic carbocycles. The van der Waals surface area contributed by atoms with Crippen LogP contribution in [-0.2, 0) is 0 Å². The van der Waals surface area contributed by atoms with Gasteiger partial charge in [0.05, 0.1) is 0 Å². The second-order valence-electron chi connectivity index (χ2n) is 4.21. The van der Waals surface area contributed by atoms with Crippen LogP contribution in [0.1, 0.15) is 38.5 Å². The quantitative estimate of drug-likeness (QED) is 0.674. The molecule has 12 heavy (non-hydrogen) atoms. The summed E-state index contributed by atoms with van der Waals surface area (Å²) < 4.78 is 0. The van der Waals surface area contributed by atoms with E-state index in [9.17, 15) is 0 Å². The highest BCUT2D eigenvalue weighted by atomic mass is 15.2. The van der Waals surface area contributed by atoms with Gasteiger partial charge in [0.1, 0.15) is 0 Å². The van der Waals surface area contributed by atoms with E-state index in [4.69, 9.17) is 5.73 Å². The molecule has 1 heterocycles. The topological polar surface area (TPSA) is 29.3 Å². The normalized spacial score (nSPS) is 33.2. The van der Waals surface area contributed by atoms with E-state index in [2.05, 4.69) is 4.90 Å². The Morgan fingerprint density at radius 3 is 2.58 bits per heavy atom. The molecular formula is C10H20N2. The lowest BCUT2D eigenvalue weighted by molar-refractivity contribution is 0.194. The van der Waals surface area contributed by atoms with Crippen LogP contribution in [-0.4, -0.2) is 30.1 Å². The van der Waals surface area contributed by atoms with Gasteiger partial charge >= 0.3 is 0 Å². The molecule has 1 unspecified atom stereocenters. The Morgan fingerprint density at radius 2 is 1.92 bits per heavy atom. The van der Waals surface area contributed by atoms with Crippen LogP contribution in [0, 0.1) is 0 Å². The molecule has 1 saturated heterocycles. The van der Waals surface area contributed by atoms with E-state index < -0.39 is 0 Å². The molecule has 0 spiro atoms. The first-order chi connectivity index (χ1) is 5.92. The Kier molecular flexibility index (Phi) is 2.66. The molecule has 2 aliphatic rings. The molecule has 2 fully saturated rings. The fourth-order valence-electron chi connectivity index (χ4n) is 2.34. The van der Waals surface area contributed by atoms with Crippen LogP contribution in [0.3, 0.4) is 0 Å². The molecule has 1 atom stereocenters. The molecule has 1 saturated carbocycles. The highest BCUT2D eigenvalue weighted by molar-refractivity contribution is 4.90. The van der Waals surface area contributed by atoms with Crippen LogP contribution in [0.25, 0.3) is 0 Å². The molecule has 0 aromatic heterocycles. The van der Waals surface area contributed by atoms with E-state index in [0.29, 0.717) is 6.04 Å². The standard InChI is InChI=1S/C10H20N2/c11-8-10-4-2-1-3-7-12(10)9-5-6-9/h9-10H,1-8,11H2. The first-order valence-corrected chi connectivity index (χ1v) is 5.37. The number of hydrogen-bond acceptors (Lipinski definition) is 2. The fourth-order valence-corrected chi connectivity index (χ4v) is 2.34. The second-order valence-corrected chi connectivity index (χ2v) is 4.21. The third kappa shape index (κ3) is 1.80. The molecule has 1 aliphatic heterocycles. The van der Waals surface area contributed by atoms with Crippen LogP contribution < -0.4 is 5.73 Å². The summed E-state index contributed by atoms with van der Waals surface area (Å²) in [5, 5.41) is 0. The number of rotatable bonds is 2. The Labute approximate surface area is 75.1 Å². The van der Waals surface area contributed by atoms with Crippen molar-refractivity contribution in [3.05, 3.63) is 0 Å². The smallest absolute Gasteiger partial charge is 0.0221 e. The maximum Gasteiger partial charge on any atom is 0.0221 e. The SMILES string of the molecule is NCC1CCCCCN1C1CC1. The molecule has 0 bridgehead atoms. The summed E-state index contributed by atoms with van der Waals surface area (Å²) in [7, 11) is 0. The Balaban J connectivity index is 1.93. The average molecular weight is 168 g/mol. The lowest BCUT2D eigenvalue weighted by Crippen LogP contribution is -2.41. The predicted octanol–water partition coefficient (Wildman–Crippen LogP) is 1.35. The van der Waals surface area contributed by atoms with Crippen LogP contribution in [0.15, 0.2) is 0 Å². The third-order valence-electron chi connectivity index (χ3n) is 3.21. The van der Waals surface area contributed by atoms with E-state index >= 15 is 0 Å². The van der Waals surface area contributed by atoms with Gasteiger partial charge in [-0.3, -0.25) is 4.90 Å². The van der Waals surface area contributed by atoms with Crippen molar-refractivity contribution < 1.29 is 0 Å². The van der Waals surface area contributed by atoms with Gasteiger partial charge in [-0.15, -0.1) is 0 Å². The molecule has 2 N–H and O–H groups in total. The zero-order valence-electron chi connectivity index (χ0n) is 7.84. The Bertz CT molecular complexity index is 143. The zero-order chi connectivity index (χ0) is 8.39. The monoisotopic (exact) mass is 168 g/mol. The van der Waals surface area contributed by atoms with Crippen molar-refractivity contribution >= 4 is 0 Å². The second kappa shape index (κ2) is 3.75. The lowest BCUT2D eigenvalue weighted by atomic mass is 10.1. The van der Waals surface area contributed by atoms with Crippen LogP contribution in [0.5, 0.6) is 0 Å². The molecule has 2 nitrogen and oxygen atoms in total. The third-order valence-corrected chi connectivity index (χ3v) is 3.21. The summed E-state index contributed by atoms with van der Waals surface area (Å²) in [4.78, 5) is 2.67. The van der Waals surface area contributed by atoms with Crippen LogP contribution >= 0.6 is 0 Å². The average Bonchev–Trinajstić information content (AvgIpc) is 2.91. The van der Waals surface area contributed by atoms with Crippen LogP contribution in [0.2, 0.25) is 0 Å². The molecule has 2 rings (SSSR count). The zero-order valence-corrected chi connectivity index (χ0v) is 7.84. The van der Waals surface area contributed by atoms with Crippen molar-refractivity contribution in [1.82, 2.24) is 4.90 Å². The van der Waals surface area contributed by atoms with Crippen molar-refractivity contribution in [2.24, 2.45) is 5.73 Å². The largest absolute Gasteiger partial charge is 0.329 e. The number of hydrogen-bond donors (Lipinski definition) is 1. The highest BCUT2D eigenvalue weighted by Crippen LogP contribution is 2.31. The van der Waals surface area contributed by atoms with Gasteiger partial charge in [-0.05, 0) is 32.2 Å². The van der Waals surface area contributed by atoms with Gasteiger partial charge in [0.25, 0.3) is 0 Å². The van der Waals surface area contributed by atoms with Crippen molar-refractivity contribution in [1.29, 1.82) is 0 Å². The molecular weight excluding hydrogens is 148 g/mol. The van der Waals surface area contributed by atoms with E-state index in [0.717, 1.165) is 12.6 Å². The van der Waals surface area contributed by atoms with Gasteiger partial charge < -0.3 is 5.73 Å². The minimum Gasteiger partial charge on any atom is -0.329 e. The maximum atomic E-state index is 5.79. The Hall–Kier alpha value is -0.0800. The molecule has 0 radical (unpaired) electrons. The van der Waals surface area contributed by atoms with E-state index in [-0.39, 0.29) is 0 Å². The van der Waals surface area contributed by atoms with Gasteiger partial charge in [-0.2, -0.15) is 0 Å². The summed E-state index contributed by atoms with van der Waals surface area (Å²) in [5.74, 6) is 0. The summed E-state index contributed by atoms with van der Waals surface area (Å²) >= 11 is 0. The van der Waals surface area contributed by atoms with E-state index in [1.165, 1.54) is 45.1 Å². The summed E-state index contributed by atoms with van der Waals surface area (Å²) in [6.45, 7) is 2.18. The minimum absolute atomic E-state index is 0.708. The van der Waals surface area contributed by atoms with Gasteiger partial charge in [-0.1, -0.05) is 12.8 Å². The van der Waals surface area contributed by atoms with Crippen molar-refractivity contribution in [3.63, 3.8) is 0 Å². The predicted molar refractivity (Wildman–Crippen MR) is 51.0 cm³/mol. The summed E-state index contributed by atoms with van der Waals surface area (Å²) in [6, 6.07) is 1.62. The van der Waals surface area contributed by atoms with Gasteiger partial charge in [-0.25, -0.2) is 0 Å². The number of nitrogens with zero attached hydrogens (tertiary/aromatic N) is 1. The summed E-state index contributed by atoms with van der Waals surface area (Å²) in [6.07, 6.45) is 8.40. The first-order valence-electron chi connectivity index (χ1n) is 5.37. The summed E-state index contributed by atoms with van der Waals surface area (Å²) in [5.41, 5.74) is 5.79. The van der Waals surface area contributed by atoms with E-state index in [1.54, 1.807) is 0 Å². The van der Waals surface area contributed by atoms with Crippen LogP contribution in [0.4, 0.5) is 0 Å². The highest BCUT2D eigenvalue weighted by Gasteiger charge is 2.33. The van der Waals surface area contributed by atoms with E-state index in [1.807, 2.05) is 0 Å². The Morgan fingerprint density at radius 1 is 1.08 bits per heavy atom. The number of likely N-dealkylation sites (tertiary alicyclic amines) is 1. The van der Waals surface area contributed by atoms with Gasteiger partial charge in [0.15, 0.2) is 0 Å². The van der Waals surface area contributed by atoms with Crippen molar-refractivity contribution in [2.75, 3.05) is 13.1 Å². The van der Waals surface area contributed by atoms with Gasteiger partial charge in [0.2, 0.25) is 0 Å². The van der Waals surface area contributed by atoms with Crippen molar-refractivity contribution in [2.45, 2.75) is 50.6 Å². The fraction of sp³-hybridized carbons (Fsp3) is 1.00. The molecule has 70 valence electrons. The number of nitrogens with two attached hydrogens (primary N) is 1. The van der Waals surface area contributed by atoms with Crippen molar-refractivity contribution in [3.8, 4) is 0 Å². The molecule has 1 aliphatic carbocycles. The lowest BCUT2D eigenvalue weighted by Gasteiger charge is -2.28.